The zero-order valence-electron chi connectivity index (χ0n) is 35.8. The third-order valence-electron chi connectivity index (χ3n) is 10.1. The van der Waals surface area contributed by atoms with E-state index in [1.165, 1.54) is 75.3 Å². The predicted molar refractivity (Wildman–Crippen MR) is 251 cm³/mol. The molecule has 0 spiro atoms. The lowest BCUT2D eigenvalue weighted by molar-refractivity contribution is 0.263. The Morgan fingerprint density at radius 3 is 1.14 bits per heavy atom. The molecule has 2 nitrogen and oxygen atoms in total. The van der Waals surface area contributed by atoms with Crippen LogP contribution in [-0.2, 0) is 0 Å². The van der Waals surface area contributed by atoms with Crippen LogP contribution in [0.4, 0.5) is 0 Å². The first kappa shape index (κ1) is 42.9. The molecule has 0 saturated heterocycles. The minimum absolute atomic E-state index is 0.654. The Balaban J connectivity index is 1.81. The summed E-state index contributed by atoms with van der Waals surface area (Å²) in [6.07, 6.45) is 14.5. The van der Waals surface area contributed by atoms with Crippen molar-refractivity contribution in [2.45, 2.75) is 130 Å². The summed E-state index contributed by atoms with van der Waals surface area (Å²) >= 11 is 0. The smallest absolute Gasteiger partial charge is 0.169 e. The van der Waals surface area contributed by atoms with Crippen LogP contribution in [0.25, 0.3) is 43.8 Å². The number of hydrogen-bond donors (Lipinski definition) is 0. The summed E-state index contributed by atoms with van der Waals surface area (Å²) in [6, 6.07) is 30.8. The van der Waals surface area contributed by atoms with E-state index in [2.05, 4.69) is 161 Å². The van der Waals surface area contributed by atoms with E-state index in [9.17, 15) is 0 Å². The van der Waals surface area contributed by atoms with Crippen molar-refractivity contribution in [3.63, 3.8) is 0 Å². The molecule has 0 aliphatic carbocycles. The number of hydrogen-bond acceptors (Lipinski definition) is 2. The van der Waals surface area contributed by atoms with Gasteiger partial charge in [0.25, 0.3) is 0 Å². The highest BCUT2D eigenvalue weighted by atomic mass is 28.3. The van der Waals surface area contributed by atoms with Crippen molar-refractivity contribution in [1.82, 2.24) is 0 Å². The molecule has 0 aromatic heterocycles. The monoisotopic (exact) mass is 778 g/mol. The van der Waals surface area contributed by atoms with Crippen molar-refractivity contribution < 1.29 is 9.47 Å². The van der Waals surface area contributed by atoms with Crippen LogP contribution >= 0.6 is 0 Å². The minimum Gasteiger partial charge on any atom is -0.489 e. The predicted octanol–water partition coefficient (Wildman–Crippen LogP) is 15.3. The highest BCUT2D eigenvalue weighted by Crippen LogP contribution is 2.47. The fourth-order valence-corrected chi connectivity index (χ4v) is 8.11. The molecular formula is C52H66O2Si2. The summed E-state index contributed by atoms with van der Waals surface area (Å²) < 4.78 is 14.0. The van der Waals surface area contributed by atoms with Crippen LogP contribution in [-0.4, -0.2) is 29.4 Å². The van der Waals surface area contributed by atoms with E-state index in [4.69, 9.17) is 9.47 Å². The van der Waals surface area contributed by atoms with Crippen LogP contribution in [0.3, 0.4) is 0 Å². The normalized spacial score (nSPS) is 11.6. The molecule has 5 aromatic rings. The van der Waals surface area contributed by atoms with Crippen LogP contribution in [0.15, 0.2) is 84.9 Å². The van der Waals surface area contributed by atoms with Crippen molar-refractivity contribution in [3.05, 3.63) is 96.1 Å². The highest BCUT2D eigenvalue weighted by Gasteiger charge is 2.22. The van der Waals surface area contributed by atoms with Gasteiger partial charge in [-0.25, -0.2) is 0 Å². The average Bonchev–Trinajstić information content (AvgIpc) is 3.18. The average molecular weight is 779 g/mol. The lowest BCUT2D eigenvalue weighted by atomic mass is 9.89. The van der Waals surface area contributed by atoms with Crippen molar-refractivity contribution in [1.29, 1.82) is 0 Å². The van der Waals surface area contributed by atoms with Gasteiger partial charge in [-0.15, -0.1) is 11.1 Å². The van der Waals surface area contributed by atoms with E-state index in [0.717, 1.165) is 68.1 Å². The van der Waals surface area contributed by atoms with E-state index in [1.54, 1.807) is 0 Å². The second-order valence-corrected chi connectivity index (χ2v) is 27.0. The molecule has 0 aliphatic rings. The van der Waals surface area contributed by atoms with Gasteiger partial charge in [0.1, 0.15) is 16.1 Å². The standard InChI is InChI=1S/C52H66O2Si2/c1-9-11-13-15-17-25-33-53-51-49-37-43(31-35-55(3,4)5)45(41-27-21-19-22-28-41)39-47(49)48-40-46(42-29-23-20-24-30-42)44(32-36-56(6,7)8)38-50(48)52(51)54-34-26-18-16-14-12-10-2/h19-24,27-30,37-40H,9-18,25-26,33-34H2,1-8H3. The third kappa shape index (κ3) is 12.4. The first-order chi connectivity index (χ1) is 27.0. The van der Waals surface area contributed by atoms with Gasteiger partial charge in [0.15, 0.2) is 11.5 Å². The Morgan fingerprint density at radius 1 is 0.429 bits per heavy atom. The van der Waals surface area contributed by atoms with Crippen molar-refractivity contribution in [2.24, 2.45) is 0 Å². The molecule has 0 saturated carbocycles. The number of ether oxygens (including phenoxy) is 2. The maximum atomic E-state index is 7.00. The molecule has 0 atom stereocenters. The van der Waals surface area contributed by atoms with E-state index in [-0.39, 0.29) is 0 Å². The van der Waals surface area contributed by atoms with Gasteiger partial charge < -0.3 is 9.47 Å². The molecule has 294 valence electrons. The quantitative estimate of drug-likeness (QED) is 0.0382. The number of fused-ring (bicyclic) bond motifs is 3. The Bertz CT molecular complexity index is 1990. The Hall–Kier alpha value is -4.23. The molecule has 5 aromatic carbocycles. The Labute approximate surface area is 341 Å². The zero-order chi connectivity index (χ0) is 40.0. The second-order valence-electron chi connectivity index (χ2n) is 17.5. The summed E-state index contributed by atoms with van der Waals surface area (Å²) in [5.41, 5.74) is 14.1. The number of benzene rings is 5. The Morgan fingerprint density at radius 2 is 0.786 bits per heavy atom. The molecule has 0 unspecified atom stereocenters. The summed E-state index contributed by atoms with van der Waals surface area (Å²) in [4.78, 5) is 0. The molecule has 0 bridgehead atoms. The van der Waals surface area contributed by atoms with Gasteiger partial charge in [-0.3, -0.25) is 0 Å². The molecule has 0 N–H and O–H groups in total. The largest absolute Gasteiger partial charge is 0.489 e. The minimum atomic E-state index is -1.67. The molecule has 0 fully saturated rings. The fourth-order valence-electron chi connectivity index (χ4n) is 7.09. The first-order valence-corrected chi connectivity index (χ1v) is 28.5. The van der Waals surface area contributed by atoms with Gasteiger partial charge in [-0.2, -0.15) is 0 Å². The van der Waals surface area contributed by atoms with Crippen LogP contribution < -0.4 is 9.47 Å². The topological polar surface area (TPSA) is 18.5 Å². The molecule has 0 radical (unpaired) electrons. The van der Waals surface area contributed by atoms with Gasteiger partial charge in [0.05, 0.1) is 13.2 Å². The molecule has 5 rings (SSSR count). The van der Waals surface area contributed by atoms with Crippen molar-refractivity contribution >= 4 is 37.7 Å². The lowest BCUT2D eigenvalue weighted by Gasteiger charge is -2.21. The van der Waals surface area contributed by atoms with E-state index in [0.29, 0.717) is 13.2 Å². The maximum Gasteiger partial charge on any atom is 0.169 e. The lowest BCUT2D eigenvalue weighted by Crippen LogP contribution is -2.16. The molecule has 0 heterocycles. The van der Waals surface area contributed by atoms with Crippen molar-refractivity contribution in [3.8, 4) is 56.7 Å². The zero-order valence-corrected chi connectivity index (χ0v) is 37.8. The van der Waals surface area contributed by atoms with Gasteiger partial charge in [0, 0.05) is 21.9 Å². The van der Waals surface area contributed by atoms with E-state index >= 15 is 0 Å². The highest BCUT2D eigenvalue weighted by molar-refractivity contribution is 6.84. The van der Waals surface area contributed by atoms with Crippen LogP contribution in [0.5, 0.6) is 11.5 Å². The fraction of sp³-hybridized carbons (Fsp3) is 0.423. The molecule has 56 heavy (non-hydrogen) atoms. The second kappa shape index (κ2) is 20.8. The van der Waals surface area contributed by atoms with Crippen LogP contribution in [0.1, 0.15) is 102 Å². The molecular weight excluding hydrogens is 713 g/mol. The molecule has 4 heteroatoms. The summed E-state index contributed by atoms with van der Waals surface area (Å²) in [5.74, 6) is 9.07. The third-order valence-corrected chi connectivity index (χ3v) is 11.9. The SMILES string of the molecule is CCCCCCCCOc1c(OCCCCCCCC)c2cc(C#C[Si](C)(C)C)c(-c3ccccc3)cc2c2cc(-c3ccccc3)c(C#C[Si](C)(C)C)cc12. The maximum absolute atomic E-state index is 7.00. The van der Waals surface area contributed by atoms with Gasteiger partial charge >= 0.3 is 0 Å². The van der Waals surface area contributed by atoms with E-state index in [1.807, 2.05) is 0 Å². The van der Waals surface area contributed by atoms with E-state index < -0.39 is 16.1 Å². The number of unbranched alkanes of at least 4 members (excludes halogenated alkanes) is 10. The van der Waals surface area contributed by atoms with Crippen LogP contribution in [0, 0.1) is 22.9 Å². The van der Waals surface area contributed by atoms with Gasteiger partial charge in [0.2, 0.25) is 0 Å². The molecule has 0 amide bonds. The first-order valence-electron chi connectivity index (χ1n) is 21.5. The molecule has 0 aliphatic heterocycles. The summed E-state index contributed by atoms with van der Waals surface area (Å²) in [6.45, 7) is 19.7. The van der Waals surface area contributed by atoms with Crippen molar-refractivity contribution in [2.75, 3.05) is 13.2 Å². The Kier molecular flexibility index (Phi) is 15.9. The summed E-state index contributed by atoms with van der Waals surface area (Å²) in [5, 5.41) is 4.45. The van der Waals surface area contributed by atoms with Gasteiger partial charge in [-0.1, -0.05) is 190 Å². The van der Waals surface area contributed by atoms with Gasteiger partial charge in [-0.05, 0) is 70.1 Å². The van der Waals surface area contributed by atoms with Crippen LogP contribution in [0.2, 0.25) is 39.3 Å². The summed E-state index contributed by atoms with van der Waals surface area (Å²) in [7, 11) is -3.35. The number of rotatable bonds is 18.